The summed E-state index contributed by atoms with van der Waals surface area (Å²) in [7, 11) is 1.61. The van der Waals surface area contributed by atoms with Crippen LogP contribution in [0.15, 0.2) is 23.0 Å². The van der Waals surface area contributed by atoms with Gasteiger partial charge in [0.1, 0.15) is 5.82 Å². The van der Waals surface area contributed by atoms with Crippen molar-refractivity contribution in [3.05, 3.63) is 45.5 Å². The second kappa shape index (κ2) is 5.00. The van der Waals surface area contributed by atoms with Crippen LogP contribution in [0.2, 0.25) is 0 Å². The molecule has 1 aliphatic heterocycles. The third-order valence-corrected chi connectivity index (χ3v) is 3.95. The molecule has 0 saturated carbocycles. The van der Waals surface area contributed by atoms with E-state index in [1.54, 1.807) is 7.11 Å². The summed E-state index contributed by atoms with van der Waals surface area (Å²) in [4.78, 5) is 12.1. The van der Waals surface area contributed by atoms with Crippen molar-refractivity contribution in [1.29, 1.82) is 0 Å². The molecule has 0 aliphatic carbocycles. The van der Waals surface area contributed by atoms with E-state index in [-0.39, 0.29) is 18.0 Å². The molecule has 5 heteroatoms. The first-order valence-corrected chi connectivity index (χ1v) is 6.61. The molecule has 1 N–H and O–H groups in total. The number of aliphatic hydroxyl groups is 1. The topological polar surface area (TPSA) is 51.5 Å². The zero-order valence-electron chi connectivity index (χ0n) is 11.2. The summed E-state index contributed by atoms with van der Waals surface area (Å²) >= 11 is 0. The van der Waals surface area contributed by atoms with Crippen molar-refractivity contribution in [2.75, 3.05) is 13.7 Å². The van der Waals surface area contributed by atoms with Gasteiger partial charge in [-0.15, -0.1) is 0 Å². The van der Waals surface area contributed by atoms with Crippen LogP contribution in [0.1, 0.15) is 23.6 Å². The van der Waals surface area contributed by atoms with Gasteiger partial charge in [-0.1, -0.05) is 0 Å². The van der Waals surface area contributed by atoms with E-state index in [0.29, 0.717) is 24.2 Å². The standard InChI is InChI=1S/C15H16FNO3/c1-20-8-9-2-3-17-11(7-18)6-14(19)13-5-10(16)4-12(9)15(13)17/h4-6,9,18H,2-3,7-8H2,1H3. The van der Waals surface area contributed by atoms with Crippen LogP contribution in [-0.4, -0.2) is 23.4 Å². The van der Waals surface area contributed by atoms with Crippen molar-refractivity contribution in [1.82, 2.24) is 4.57 Å². The van der Waals surface area contributed by atoms with E-state index in [1.807, 2.05) is 4.57 Å². The largest absolute Gasteiger partial charge is 0.390 e. The van der Waals surface area contributed by atoms with Gasteiger partial charge < -0.3 is 14.4 Å². The molecule has 0 saturated heterocycles. The molecule has 106 valence electrons. The molecule has 0 radical (unpaired) electrons. The molecule has 2 aromatic rings. The lowest BCUT2D eigenvalue weighted by atomic mass is 9.90. The zero-order valence-corrected chi connectivity index (χ0v) is 11.2. The summed E-state index contributed by atoms with van der Waals surface area (Å²) < 4.78 is 20.9. The highest BCUT2D eigenvalue weighted by atomic mass is 19.1. The summed E-state index contributed by atoms with van der Waals surface area (Å²) in [6.07, 6.45) is 0.801. The van der Waals surface area contributed by atoms with E-state index in [4.69, 9.17) is 4.74 Å². The molecule has 1 aliphatic rings. The lowest BCUT2D eigenvalue weighted by Gasteiger charge is -2.28. The monoisotopic (exact) mass is 277 g/mol. The Kier molecular flexibility index (Phi) is 3.31. The molecule has 4 nitrogen and oxygen atoms in total. The third kappa shape index (κ3) is 1.94. The van der Waals surface area contributed by atoms with Crippen molar-refractivity contribution >= 4 is 10.9 Å². The summed E-state index contributed by atoms with van der Waals surface area (Å²) in [5.41, 5.74) is 1.85. The van der Waals surface area contributed by atoms with E-state index in [1.165, 1.54) is 18.2 Å². The lowest BCUT2D eigenvalue weighted by Crippen LogP contribution is -2.24. The maximum Gasteiger partial charge on any atom is 0.189 e. The van der Waals surface area contributed by atoms with Crippen LogP contribution in [0.4, 0.5) is 4.39 Å². The number of methoxy groups -OCH3 is 1. The van der Waals surface area contributed by atoms with Gasteiger partial charge in [0.05, 0.1) is 18.7 Å². The van der Waals surface area contributed by atoms with Crippen molar-refractivity contribution < 1.29 is 14.2 Å². The number of pyridine rings is 1. The molecule has 1 aromatic heterocycles. The van der Waals surface area contributed by atoms with Crippen molar-refractivity contribution in [2.24, 2.45) is 0 Å². The molecule has 20 heavy (non-hydrogen) atoms. The van der Waals surface area contributed by atoms with Crippen LogP contribution in [0.25, 0.3) is 10.9 Å². The first kappa shape index (κ1) is 13.3. The average Bonchev–Trinajstić information content (AvgIpc) is 2.44. The molecule has 0 amide bonds. The average molecular weight is 277 g/mol. The predicted molar refractivity (Wildman–Crippen MR) is 73.3 cm³/mol. The van der Waals surface area contributed by atoms with Gasteiger partial charge in [0.25, 0.3) is 0 Å². The number of hydrogen-bond donors (Lipinski definition) is 1. The molecule has 0 bridgehead atoms. The van der Waals surface area contributed by atoms with Gasteiger partial charge in [-0.25, -0.2) is 4.39 Å². The highest BCUT2D eigenvalue weighted by Gasteiger charge is 2.24. The van der Waals surface area contributed by atoms with Crippen molar-refractivity contribution in [3.8, 4) is 0 Å². The smallest absolute Gasteiger partial charge is 0.189 e. The Hall–Kier alpha value is -1.72. The summed E-state index contributed by atoms with van der Waals surface area (Å²) in [6.45, 7) is 0.992. The number of nitrogens with zero attached hydrogens (tertiary/aromatic N) is 1. The maximum absolute atomic E-state index is 13.8. The van der Waals surface area contributed by atoms with Crippen LogP contribution in [0, 0.1) is 5.82 Å². The second-order valence-electron chi connectivity index (χ2n) is 5.14. The van der Waals surface area contributed by atoms with Gasteiger partial charge in [0, 0.05) is 36.7 Å². The van der Waals surface area contributed by atoms with E-state index in [0.717, 1.165) is 17.5 Å². The second-order valence-corrected chi connectivity index (χ2v) is 5.14. The molecule has 1 unspecified atom stereocenters. The first-order chi connectivity index (χ1) is 9.65. The van der Waals surface area contributed by atoms with Crippen LogP contribution in [-0.2, 0) is 17.9 Å². The van der Waals surface area contributed by atoms with Gasteiger partial charge in [-0.3, -0.25) is 4.79 Å². The van der Waals surface area contributed by atoms with Gasteiger partial charge in [0.15, 0.2) is 5.43 Å². The maximum atomic E-state index is 13.8. The Labute approximate surface area is 115 Å². The van der Waals surface area contributed by atoms with Gasteiger partial charge >= 0.3 is 0 Å². The summed E-state index contributed by atoms with van der Waals surface area (Å²) in [5.74, 6) is -0.331. The van der Waals surface area contributed by atoms with Crippen LogP contribution in [0.5, 0.6) is 0 Å². The molecule has 1 aromatic carbocycles. The van der Waals surface area contributed by atoms with E-state index < -0.39 is 5.82 Å². The normalized spacial score (nSPS) is 17.6. The van der Waals surface area contributed by atoms with Crippen molar-refractivity contribution in [2.45, 2.75) is 25.5 Å². The Morgan fingerprint density at radius 1 is 1.45 bits per heavy atom. The number of halogens is 1. The lowest BCUT2D eigenvalue weighted by molar-refractivity contribution is 0.171. The van der Waals surface area contributed by atoms with Crippen LogP contribution >= 0.6 is 0 Å². The fourth-order valence-corrected chi connectivity index (χ4v) is 3.07. The Morgan fingerprint density at radius 2 is 2.25 bits per heavy atom. The number of aliphatic hydroxyl groups excluding tert-OH is 1. The number of ether oxygens (including phenoxy) is 1. The summed E-state index contributed by atoms with van der Waals surface area (Å²) in [5, 5.41) is 9.79. The molecule has 1 atom stereocenters. The highest BCUT2D eigenvalue weighted by molar-refractivity contribution is 5.84. The van der Waals surface area contributed by atoms with Crippen LogP contribution < -0.4 is 5.43 Å². The Bertz CT molecular complexity index is 723. The number of rotatable bonds is 3. The molecule has 0 fully saturated rings. The van der Waals surface area contributed by atoms with Gasteiger partial charge in [0.2, 0.25) is 0 Å². The van der Waals surface area contributed by atoms with E-state index in [2.05, 4.69) is 0 Å². The Morgan fingerprint density at radius 3 is 2.95 bits per heavy atom. The number of hydrogen-bond acceptors (Lipinski definition) is 3. The fourth-order valence-electron chi connectivity index (χ4n) is 3.07. The minimum atomic E-state index is -0.407. The first-order valence-electron chi connectivity index (χ1n) is 6.61. The van der Waals surface area contributed by atoms with Gasteiger partial charge in [-0.2, -0.15) is 0 Å². The minimum absolute atomic E-state index is 0.0755. The highest BCUT2D eigenvalue weighted by Crippen LogP contribution is 2.33. The van der Waals surface area contributed by atoms with Crippen molar-refractivity contribution in [3.63, 3.8) is 0 Å². The van der Waals surface area contributed by atoms with E-state index in [9.17, 15) is 14.3 Å². The third-order valence-electron chi connectivity index (χ3n) is 3.95. The fraction of sp³-hybridized carbons (Fsp3) is 0.400. The molecule has 2 heterocycles. The predicted octanol–water partition coefficient (Wildman–Crippen LogP) is 1.77. The van der Waals surface area contributed by atoms with Gasteiger partial charge in [-0.05, 0) is 24.1 Å². The number of benzene rings is 1. The quantitative estimate of drug-likeness (QED) is 0.930. The molecule has 0 spiro atoms. The summed E-state index contributed by atoms with van der Waals surface area (Å²) in [6, 6.07) is 4.14. The molecule has 3 rings (SSSR count). The molecular weight excluding hydrogens is 261 g/mol. The van der Waals surface area contributed by atoms with Crippen LogP contribution in [0.3, 0.4) is 0 Å². The number of aromatic nitrogens is 1. The van der Waals surface area contributed by atoms with E-state index >= 15 is 0 Å². The SMILES string of the molecule is COCC1CCn2c(CO)cc(=O)c3cc(F)cc1c32. The number of aryl methyl sites for hydroxylation is 1. The Balaban J connectivity index is 2.38. The zero-order chi connectivity index (χ0) is 14.3. The minimum Gasteiger partial charge on any atom is -0.390 e. The molecular formula is C15H16FNO3.